The number of benzene rings is 1. The van der Waals surface area contributed by atoms with Gasteiger partial charge in [-0.2, -0.15) is 4.98 Å². The van der Waals surface area contributed by atoms with E-state index >= 15 is 0 Å². The summed E-state index contributed by atoms with van der Waals surface area (Å²) >= 11 is 3.52. The van der Waals surface area contributed by atoms with E-state index in [-0.39, 0.29) is 0 Å². The van der Waals surface area contributed by atoms with Crippen molar-refractivity contribution in [3.8, 4) is 0 Å². The summed E-state index contributed by atoms with van der Waals surface area (Å²) in [6.45, 7) is 5.50. The SMILES string of the molecule is CC1CC(c2ccc(Br)cc2)CN1c1ccnc(N2CCCC2)n1. The van der Waals surface area contributed by atoms with Crippen LogP contribution in [0, 0.1) is 0 Å². The smallest absolute Gasteiger partial charge is 0.227 e. The van der Waals surface area contributed by atoms with Gasteiger partial charge in [-0.05, 0) is 49.9 Å². The third-order valence-electron chi connectivity index (χ3n) is 5.23. The van der Waals surface area contributed by atoms with Crippen molar-refractivity contribution in [1.29, 1.82) is 0 Å². The second-order valence-electron chi connectivity index (χ2n) is 6.89. The molecule has 4 nitrogen and oxygen atoms in total. The molecule has 126 valence electrons. The van der Waals surface area contributed by atoms with Gasteiger partial charge in [-0.25, -0.2) is 4.98 Å². The van der Waals surface area contributed by atoms with Crippen molar-refractivity contribution in [2.24, 2.45) is 0 Å². The second-order valence-corrected chi connectivity index (χ2v) is 7.81. The van der Waals surface area contributed by atoms with E-state index in [1.54, 1.807) is 0 Å². The van der Waals surface area contributed by atoms with Crippen LogP contribution in [0.1, 0.15) is 37.7 Å². The summed E-state index contributed by atoms with van der Waals surface area (Å²) in [7, 11) is 0. The molecule has 0 spiro atoms. The van der Waals surface area contributed by atoms with Crippen LogP contribution in [-0.2, 0) is 0 Å². The summed E-state index contributed by atoms with van der Waals surface area (Å²) in [5.41, 5.74) is 1.42. The minimum absolute atomic E-state index is 0.500. The zero-order valence-electron chi connectivity index (χ0n) is 14.0. The maximum atomic E-state index is 4.86. The van der Waals surface area contributed by atoms with Gasteiger partial charge in [0, 0.05) is 42.3 Å². The number of halogens is 1. The first-order valence-electron chi connectivity index (χ1n) is 8.81. The Kier molecular flexibility index (Phi) is 4.44. The van der Waals surface area contributed by atoms with Gasteiger partial charge in [-0.1, -0.05) is 28.1 Å². The third kappa shape index (κ3) is 3.14. The van der Waals surface area contributed by atoms with Gasteiger partial charge in [0.1, 0.15) is 5.82 Å². The van der Waals surface area contributed by atoms with E-state index in [1.807, 2.05) is 6.20 Å². The molecule has 3 heterocycles. The monoisotopic (exact) mass is 386 g/mol. The molecule has 2 fully saturated rings. The molecule has 0 aliphatic carbocycles. The molecule has 2 unspecified atom stereocenters. The lowest BCUT2D eigenvalue weighted by Crippen LogP contribution is -2.29. The lowest BCUT2D eigenvalue weighted by atomic mass is 9.97. The molecule has 0 saturated carbocycles. The number of hydrogen-bond donors (Lipinski definition) is 0. The van der Waals surface area contributed by atoms with Gasteiger partial charge in [-0.15, -0.1) is 0 Å². The molecule has 2 aromatic rings. The van der Waals surface area contributed by atoms with Crippen molar-refractivity contribution in [3.05, 3.63) is 46.6 Å². The molecule has 0 N–H and O–H groups in total. The Labute approximate surface area is 152 Å². The van der Waals surface area contributed by atoms with Crippen molar-refractivity contribution < 1.29 is 0 Å². The highest BCUT2D eigenvalue weighted by molar-refractivity contribution is 9.10. The van der Waals surface area contributed by atoms with Crippen LogP contribution in [0.4, 0.5) is 11.8 Å². The van der Waals surface area contributed by atoms with Crippen LogP contribution >= 0.6 is 15.9 Å². The van der Waals surface area contributed by atoms with Gasteiger partial charge in [0.25, 0.3) is 0 Å². The van der Waals surface area contributed by atoms with Gasteiger partial charge < -0.3 is 9.80 Å². The highest BCUT2D eigenvalue weighted by Crippen LogP contribution is 2.35. The molecule has 1 aromatic carbocycles. The normalized spacial score (nSPS) is 23.9. The fraction of sp³-hybridized carbons (Fsp3) is 0.474. The Balaban J connectivity index is 1.54. The van der Waals surface area contributed by atoms with Crippen LogP contribution in [-0.4, -0.2) is 35.6 Å². The Morgan fingerprint density at radius 1 is 1.08 bits per heavy atom. The molecule has 0 radical (unpaired) electrons. The van der Waals surface area contributed by atoms with Gasteiger partial charge in [0.05, 0.1) is 0 Å². The van der Waals surface area contributed by atoms with Gasteiger partial charge in [0.15, 0.2) is 0 Å². The molecular weight excluding hydrogens is 364 g/mol. The van der Waals surface area contributed by atoms with E-state index in [2.05, 4.69) is 68.0 Å². The predicted molar refractivity (Wildman–Crippen MR) is 102 cm³/mol. The molecular formula is C19H23BrN4. The Bertz CT molecular complexity index is 697. The largest absolute Gasteiger partial charge is 0.353 e. The van der Waals surface area contributed by atoms with E-state index in [0.29, 0.717) is 12.0 Å². The first kappa shape index (κ1) is 15.9. The number of rotatable bonds is 3. The first-order chi connectivity index (χ1) is 11.7. The summed E-state index contributed by atoms with van der Waals surface area (Å²) in [5.74, 6) is 2.53. The molecule has 2 aliphatic heterocycles. The molecule has 2 saturated heterocycles. The fourth-order valence-corrected chi connectivity index (χ4v) is 4.16. The Morgan fingerprint density at radius 3 is 2.58 bits per heavy atom. The fourth-order valence-electron chi connectivity index (χ4n) is 3.90. The van der Waals surface area contributed by atoms with Crippen molar-refractivity contribution in [1.82, 2.24) is 9.97 Å². The lowest BCUT2D eigenvalue weighted by molar-refractivity contribution is 0.696. The summed E-state index contributed by atoms with van der Waals surface area (Å²) in [6, 6.07) is 11.3. The number of aromatic nitrogens is 2. The van der Waals surface area contributed by atoms with Crippen molar-refractivity contribution in [2.75, 3.05) is 29.4 Å². The van der Waals surface area contributed by atoms with Gasteiger partial charge in [-0.3, -0.25) is 0 Å². The van der Waals surface area contributed by atoms with E-state index in [1.165, 1.54) is 24.8 Å². The Hall–Kier alpha value is -1.62. The first-order valence-corrected chi connectivity index (χ1v) is 9.60. The highest BCUT2D eigenvalue weighted by atomic mass is 79.9. The van der Waals surface area contributed by atoms with Crippen molar-refractivity contribution in [2.45, 2.75) is 38.1 Å². The zero-order valence-corrected chi connectivity index (χ0v) is 15.6. The molecule has 4 rings (SSSR count). The molecule has 0 amide bonds. The highest BCUT2D eigenvalue weighted by Gasteiger charge is 2.31. The van der Waals surface area contributed by atoms with Crippen LogP contribution in [0.3, 0.4) is 0 Å². The van der Waals surface area contributed by atoms with Crippen molar-refractivity contribution in [3.63, 3.8) is 0 Å². The minimum atomic E-state index is 0.500. The minimum Gasteiger partial charge on any atom is -0.353 e. The Morgan fingerprint density at radius 2 is 1.83 bits per heavy atom. The molecule has 2 aliphatic rings. The number of anilines is 2. The standard InChI is InChI=1S/C19H23BrN4/c1-14-12-16(15-4-6-17(20)7-5-15)13-24(14)18-8-9-21-19(22-18)23-10-2-3-11-23/h4-9,14,16H,2-3,10-13H2,1H3. The molecule has 0 bridgehead atoms. The average Bonchev–Trinajstić information content (AvgIpc) is 3.25. The summed E-state index contributed by atoms with van der Waals surface area (Å²) in [4.78, 5) is 14.1. The van der Waals surface area contributed by atoms with Crippen LogP contribution < -0.4 is 9.80 Å². The molecule has 2 atom stereocenters. The maximum Gasteiger partial charge on any atom is 0.227 e. The molecule has 1 aromatic heterocycles. The average molecular weight is 387 g/mol. The number of nitrogens with zero attached hydrogens (tertiary/aromatic N) is 4. The third-order valence-corrected chi connectivity index (χ3v) is 5.76. The van der Waals surface area contributed by atoms with Gasteiger partial charge in [0.2, 0.25) is 5.95 Å². The number of hydrogen-bond acceptors (Lipinski definition) is 4. The van der Waals surface area contributed by atoms with Crippen LogP contribution in [0.15, 0.2) is 41.0 Å². The topological polar surface area (TPSA) is 32.3 Å². The summed E-state index contributed by atoms with van der Waals surface area (Å²) < 4.78 is 1.14. The van der Waals surface area contributed by atoms with Crippen LogP contribution in [0.5, 0.6) is 0 Å². The zero-order chi connectivity index (χ0) is 16.5. The second kappa shape index (κ2) is 6.71. The molecule has 5 heteroatoms. The summed E-state index contributed by atoms with van der Waals surface area (Å²) in [6.07, 6.45) is 5.58. The van der Waals surface area contributed by atoms with E-state index in [9.17, 15) is 0 Å². The van der Waals surface area contributed by atoms with Crippen LogP contribution in [0.2, 0.25) is 0 Å². The van der Waals surface area contributed by atoms with E-state index in [4.69, 9.17) is 4.98 Å². The summed E-state index contributed by atoms with van der Waals surface area (Å²) in [5, 5.41) is 0. The lowest BCUT2D eigenvalue weighted by Gasteiger charge is -2.24. The maximum absolute atomic E-state index is 4.86. The van der Waals surface area contributed by atoms with E-state index in [0.717, 1.165) is 35.9 Å². The van der Waals surface area contributed by atoms with E-state index < -0.39 is 0 Å². The van der Waals surface area contributed by atoms with Crippen LogP contribution in [0.25, 0.3) is 0 Å². The molecule has 24 heavy (non-hydrogen) atoms. The van der Waals surface area contributed by atoms with Crippen molar-refractivity contribution >= 4 is 27.7 Å². The van der Waals surface area contributed by atoms with Gasteiger partial charge >= 0.3 is 0 Å². The predicted octanol–water partition coefficient (Wildman–Crippen LogP) is 4.22. The quantitative estimate of drug-likeness (QED) is 0.790.